The maximum atomic E-state index is 9.43. The third-order valence-corrected chi connectivity index (χ3v) is 8.97. The van der Waals surface area contributed by atoms with Crippen LogP contribution in [0.2, 0.25) is 0 Å². The molecule has 1 heterocycles. The second kappa shape index (κ2) is 11.8. The van der Waals surface area contributed by atoms with Crippen LogP contribution in [0.1, 0.15) is 5.48 Å². The zero-order valence-corrected chi connectivity index (χ0v) is 25.9. The molecule has 2 nitrogen and oxygen atoms in total. The van der Waals surface area contributed by atoms with E-state index in [0.29, 0.717) is 11.3 Å². The number of rotatable bonds is 6. The van der Waals surface area contributed by atoms with E-state index in [-0.39, 0.29) is 35.4 Å². The Labute approximate surface area is 285 Å². The van der Waals surface area contributed by atoms with Crippen molar-refractivity contribution in [3.05, 3.63) is 188 Å². The minimum absolute atomic E-state index is 0.0944. The van der Waals surface area contributed by atoms with Crippen LogP contribution >= 0.6 is 0 Å². The highest BCUT2D eigenvalue weighted by atomic mass is 16.3. The van der Waals surface area contributed by atoms with E-state index in [1.165, 1.54) is 0 Å². The fourth-order valence-corrected chi connectivity index (χ4v) is 6.66. The summed E-state index contributed by atoms with van der Waals surface area (Å²) >= 11 is 0. The van der Waals surface area contributed by atoms with Crippen LogP contribution in [-0.4, -0.2) is 0 Å². The second-order valence-electron chi connectivity index (χ2n) is 11.8. The number of hydrogen-bond donors (Lipinski definition) is 0. The summed E-state index contributed by atoms with van der Waals surface area (Å²) in [6.45, 7) is 0. The average molecular weight is 618 g/mol. The number of hydrogen-bond acceptors (Lipinski definition) is 2. The molecule has 48 heavy (non-hydrogen) atoms. The van der Waals surface area contributed by atoms with E-state index in [4.69, 9.17) is 4.42 Å². The van der Waals surface area contributed by atoms with Crippen molar-refractivity contribution < 1.29 is 9.90 Å². The Morgan fingerprint density at radius 3 is 1.71 bits per heavy atom. The molecule has 0 aliphatic rings. The van der Waals surface area contributed by atoms with Crippen molar-refractivity contribution in [3.63, 3.8) is 0 Å². The number of anilines is 3. The molecule has 0 aliphatic heterocycles. The summed E-state index contributed by atoms with van der Waals surface area (Å²) in [7, 11) is 0. The number of para-hydroxylation sites is 2. The van der Waals surface area contributed by atoms with E-state index in [0.717, 1.165) is 60.7 Å². The van der Waals surface area contributed by atoms with Crippen LogP contribution in [0.3, 0.4) is 0 Å². The van der Waals surface area contributed by atoms with Gasteiger partial charge < -0.3 is 9.32 Å². The zero-order valence-electron chi connectivity index (χ0n) is 29.9. The fraction of sp³-hybridized carbons (Fsp3) is 0. The maximum Gasteiger partial charge on any atom is 0.143 e. The smallest absolute Gasteiger partial charge is 0.143 e. The summed E-state index contributed by atoms with van der Waals surface area (Å²) in [5.41, 5.74) is 8.11. The third-order valence-electron chi connectivity index (χ3n) is 8.97. The Morgan fingerprint density at radius 2 is 0.938 bits per heavy atom. The van der Waals surface area contributed by atoms with Crippen molar-refractivity contribution >= 4 is 49.8 Å². The minimum atomic E-state index is -0.122. The van der Waals surface area contributed by atoms with E-state index in [1.54, 1.807) is 0 Å². The molecule has 0 aliphatic carbocycles. The lowest BCUT2D eigenvalue weighted by molar-refractivity contribution is 0.672. The van der Waals surface area contributed by atoms with Gasteiger partial charge >= 0.3 is 0 Å². The summed E-state index contributed by atoms with van der Waals surface area (Å²) in [5.74, 6) is 0. The first kappa shape index (κ1) is 23.9. The predicted molar refractivity (Wildman–Crippen MR) is 202 cm³/mol. The minimum Gasteiger partial charge on any atom is -0.455 e. The highest BCUT2D eigenvalue weighted by Crippen LogP contribution is 2.44. The standard InChI is InChI=1S/C46H31NO/c1-3-12-32(13-4-1)34-22-26-36(27-23-34)47(37-28-24-35(25-29-37)33-14-5-2-6-15-33)44-20-9-7-16-40(44)38-18-11-19-42-39(38)30-31-43-41-17-8-10-21-45(41)48-46(42)43/h1-31H/i22D,23D,26D,27D. The van der Waals surface area contributed by atoms with Crippen LogP contribution in [0.4, 0.5) is 17.1 Å². The molecule has 0 unspecified atom stereocenters. The first-order chi connectivity index (χ1) is 25.5. The van der Waals surface area contributed by atoms with Gasteiger partial charge in [0.15, 0.2) is 0 Å². The molecule has 0 atom stereocenters. The van der Waals surface area contributed by atoms with Gasteiger partial charge in [0.25, 0.3) is 0 Å². The van der Waals surface area contributed by atoms with Crippen molar-refractivity contribution in [3.8, 4) is 33.4 Å². The fourth-order valence-electron chi connectivity index (χ4n) is 6.66. The van der Waals surface area contributed by atoms with Crippen molar-refractivity contribution in [1.29, 1.82) is 0 Å². The molecular formula is C46H31NO. The highest BCUT2D eigenvalue weighted by molar-refractivity contribution is 6.17. The summed E-state index contributed by atoms with van der Waals surface area (Å²) in [6, 6.07) is 53.4. The Bertz CT molecular complexity index is 2750. The first-order valence-electron chi connectivity index (χ1n) is 18.0. The van der Waals surface area contributed by atoms with Crippen molar-refractivity contribution in [1.82, 2.24) is 0 Å². The molecular weight excluding hydrogens is 583 g/mol. The molecule has 9 rings (SSSR count). The Morgan fingerprint density at radius 1 is 0.375 bits per heavy atom. The van der Waals surface area contributed by atoms with Gasteiger partial charge in [-0.15, -0.1) is 0 Å². The molecule has 8 aromatic carbocycles. The van der Waals surface area contributed by atoms with Crippen molar-refractivity contribution in [2.75, 3.05) is 4.90 Å². The molecule has 226 valence electrons. The molecule has 0 fully saturated rings. The highest BCUT2D eigenvalue weighted by Gasteiger charge is 2.20. The van der Waals surface area contributed by atoms with Gasteiger partial charge in [-0.05, 0) is 75.6 Å². The lowest BCUT2D eigenvalue weighted by atomic mass is 9.94. The average Bonchev–Trinajstić information content (AvgIpc) is 3.59. The van der Waals surface area contributed by atoms with E-state index in [9.17, 15) is 5.48 Å². The number of benzene rings is 8. The molecule has 0 saturated carbocycles. The van der Waals surface area contributed by atoms with Gasteiger partial charge in [0.05, 0.1) is 11.2 Å². The lowest BCUT2D eigenvalue weighted by Gasteiger charge is -2.28. The quantitative estimate of drug-likeness (QED) is 0.185. The lowest BCUT2D eigenvalue weighted by Crippen LogP contribution is -2.11. The number of nitrogens with zero attached hydrogens (tertiary/aromatic N) is 1. The number of furan rings is 1. The molecule has 2 heteroatoms. The van der Waals surface area contributed by atoms with Gasteiger partial charge in [-0.2, -0.15) is 0 Å². The SMILES string of the molecule is [2H]c1c([2H])c(N(c2ccc(-c3ccccc3)cc2)c2ccccc2-c2cccc3c2ccc2c4ccccc4oc32)c([2H])c([2H])c1-c1ccccc1. The number of fused-ring (bicyclic) bond motifs is 5. The second-order valence-corrected chi connectivity index (χ2v) is 11.8. The normalized spacial score (nSPS) is 12.5. The van der Waals surface area contributed by atoms with Crippen LogP contribution in [-0.2, 0) is 0 Å². The summed E-state index contributed by atoms with van der Waals surface area (Å²) < 4.78 is 43.7. The van der Waals surface area contributed by atoms with E-state index >= 15 is 0 Å². The first-order valence-corrected chi connectivity index (χ1v) is 16.0. The van der Waals surface area contributed by atoms with Crippen LogP contribution in [0.5, 0.6) is 0 Å². The molecule has 0 spiro atoms. The van der Waals surface area contributed by atoms with E-state index < -0.39 is 0 Å². The maximum absolute atomic E-state index is 9.43. The summed E-state index contributed by atoms with van der Waals surface area (Å²) in [4.78, 5) is 1.87. The molecule has 0 N–H and O–H groups in total. The van der Waals surface area contributed by atoms with Crippen LogP contribution in [0.25, 0.3) is 66.1 Å². The molecule has 9 aromatic rings. The van der Waals surface area contributed by atoms with E-state index in [2.05, 4.69) is 42.5 Å². The summed E-state index contributed by atoms with van der Waals surface area (Å²) in [5, 5.41) is 4.10. The Kier molecular flexibility index (Phi) is 5.85. The van der Waals surface area contributed by atoms with Gasteiger partial charge in [0, 0.05) is 33.1 Å². The molecule has 0 bridgehead atoms. The Balaban J connectivity index is 1.29. The molecule has 1 aromatic heterocycles. The largest absolute Gasteiger partial charge is 0.455 e. The van der Waals surface area contributed by atoms with Gasteiger partial charge in [0.2, 0.25) is 0 Å². The Hall–Kier alpha value is -6.38. The van der Waals surface area contributed by atoms with Gasteiger partial charge in [-0.25, -0.2) is 0 Å². The topological polar surface area (TPSA) is 16.4 Å². The zero-order chi connectivity index (χ0) is 35.3. The van der Waals surface area contributed by atoms with Gasteiger partial charge in [-0.3, -0.25) is 0 Å². The van der Waals surface area contributed by atoms with Crippen LogP contribution < -0.4 is 4.90 Å². The molecule has 0 saturated heterocycles. The summed E-state index contributed by atoms with van der Waals surface area (Å²) in [6.07, 6.45) is 0. The van der Waals surface area contributed by atoms with Crippen molar-refractivity contribution in [2.24, 2.45) is 0 Å². The van der Waals surface area contributed by atoms with Gasteiger partial charge in [0.1, 0.15) is 11.2 Å². The van der Waals surface area contributed by atoms with Crippen LogP contribution in [0, 0.1) is 0 Å². The third kappa shape index (κ3) is 4.83. The molecule has 0 radical (unpaired) electrons. The molecule has 0 amide bonds. The van der Waals surface area contributed by atoms with Crippen molar-refractivity contribution in [2.45, 2.75) is 0 Å². The van der Waals surface area contributed by atoms with E-state index in [1.807, 2.05) is 126 Å². The van der Waals surface area contributed by atoms with Gasteiger partial charge in [-0.1, -0.05) is 146 Å². The monoisotopic (exact) mass is 617 g/mol. The predicted octanol–water partition coefficient (Wildman–Crippen LogP) is 13.2. The van der Waals surface area contributed by atoms with Crippen LogP contribution in [0.15, 0.2) is 192 Å².